The van der Waals surface area contributed by atoms with Crippen LogP contribution in [0.25, 0.3) is 0 Å². The highest BCUT2D eigenvalue weighted by molar-refractivity contribution is 9.10. The maximum Gasteiger partial charge on any atom is 0.338 e. The fraction of sp³-hybridized carbons (Fsp3) is 0.462. The second-order valence-corrected chi connectivity index (χ2v) is 11.2. The van der Waals surface area contributed by atoms with Crippen LogP contribution in [-0.2, 0) is 14.3 Å². The number of aldehydes is 1. The predicted octanol–water partition coefficient (Wildman–Crippen LogP) is 3.74. The van der Waals surface area contributed by atoms with E-state index >= 15 is 0 Å². The van der Waals surface area contributed by atoms with Crippen LogP contribution >= 0.6 is 27.3 Å². The van der Waals surface area contributed by atoms with Crippen LogP contribution in [0.1, 0.15) is 30.0 Å². The molecule has 12 heteroatoms. The van der Waals surface area contributed by atoms with Crippen LogP contribution in [0.2, 0.25) is 0 Å². The second-order valence-electron chi connectivity index (χ2n) is 9.40. The highest BCUT2D eigenvalue weighted by Crippen LogP contribution is 2.37. The molecule has 2 unspecified atom stereocenters. The van der Waals surface area contributed by atoms with Crippen molar-refractivity contribution in [1.82, 2.24) is 20.1 Å². The lowest BCUT2D eigenvalue weighted by Gasteiger charge is -2.38. The Labute approximate surface area is 232 Å². The van der Waals surface area contributed by atoms with Crippen molar-refractivity contribution < 1.29 is 23.1 Å². The number of amidine groups is 1. The number of halogens is 3. The zero-order valence-corrected chi connectivity index (χ0v) is 23.6. The Bertz CT molecular complexity index is 1210. The van der Waals surface area contributed by atoms with Crippen molar-refractivity contribution in [3.05, 3.63) is 61.9 Å². The molecule has 3 atom stereocenters. The summed E-state index contributed by atoms with van der Waals surface area (Å²) >= 11 is 4.82. The minimum atomic E-state index is -1.04. The average molecular weight is 611 g/mol. The molecule has 0 amide bonds. The summed E-state index contributed by atoms with van der Waals surface area (Å²) in [7, 11) is 1.84. The zero-order valence-electron chi connectivity index (χ0n) is 21.2. The lowest BCUT2D eigenvalue weighted by molar-refractivity contribution is -0.139. The van der Waals surface area contributed by atoms with Crippen molar-refractivity contribution >= 4 is 45.4 Å². The standard InChI is InChI=1S/C26H30BrF2N5O3S/c1-3-37-26(36)22-21(15-34-13-16(10-18(29)14-34)12-33(2)7-8-35)31-24(25-30-6-9-38-25)32-23(22)19-5-4-17(28)11-20(19)27/h4-6,8-9,11,16,18,23H,3,7,10,12-15H2,1-2H3,(H,31,32)/t16?,18?,23-/m0/s1. The number of ether oxygens (including phenoxy) is 1. The molecule has 0 aliphatic carbocycles. The average Bonchev–Trinajstić information content (AvgIpc) is 3.39. The van der Waals surface area contributed by atoms with Gasteiger partial charge in [-0.2, -0.15) is 0 Å². The lowest BCUT2D eigenvalue weighted by atomic mass is 9.93. The van der Waals surface area contributed by atoms with Gasteiger partial charge >= 0.3 is 5.97 Å². The number of hydrogen-bond acceptors (Lipinski definition) is 9. The van der Waals surface area contributed by atoms with Gasteiger partial charge in [0.15, 0.2) is 10.8 Å². The van der Waals surface area contributed by atoms with E-state index in [0.29, 0.717) is 46.1 Å². The fourth-order valence-corrected chi connectivity index (χ4v) is 6.08. The summed E-state index contributed by atoms with van der Waals surface area (Å²) in [6.45, 7) is 3.82. The van der Waals surface area contributed by atoms with Crippen molar-refractivity contribution in [2.24, 2.45) is 10.9 Å². The molecular formula is C26H30BrF2N5O3S. The molecular weight excluding hydrogens is 580 g/mol. The van der Waals surface area contributed by atoms with Gasteiger partial charge < -0.3 is 14.8 Å². The number of benzene rings is 1. The van der Waals surface area contributed by atoms with Gasteiger partial charge in [-0.15, -0.1) is 11.3 Å². The van der Waals surface area contributed by atoms with E-state index in [1.807, 2.05) is 22.2 Å². The van der Waals surface area contributed by atoms with Crippen LogP contribution in [0.5, 0.6) is 0 Å². The third-order valence-corrected chi connectivity index (χ3v) is 7.88. The van der Waals surface area contributed by atoms with Gasteiger partial charge in [0, 0.05) is 47.9 Å². The summed E-state index contributed by atoms with van der Waals surface area (Å²) in [6, 6.07) is 3.45. The Balaban J connectivity index is 1.72. The van der Waals surface area contributed by atoms with E-state index in [0.717, 1.165) is 6.29 Å². The van der Waals surface area contributed by atoms with Gasteiger partial charge in [-0.3, -0.25) is 14.8 Å². The summed E-state index contributed by atoms with van der Waals surface area (Å²) in [4.78, 5) is 37.3. The van der Waals surface area contributed by atoms with Crippen molar-refractivity contribution in [3.63, 3.8) is 0 Å². The maximum atomic E-state index is 14.9. The normalized spacial score (nSPS) is 22.3. The van der Waals surface area contributed by atoms with Crippen molar-refractivity contribution in [3.8, 4) is 0 Å². The first-order valence-electron chi connectivity index (χ1n) is 12.4. The summed E-state index contributed by atoms with van der Waals surface area (Å²) in [5.74, 6) is -0.476. The Kier molecular flexibility index (Phi) is 9.74. The largest absolute Gasteiger partial charge is 0.463 e. The molecule has 38 heavy (non-hydrogen) atoms. The van der Waals surface area contributed by atoms with Crippen LogP contribution in [0.4, 0.5) is 8.78 Å². The highest BCUT2D eigenvalue weighted by Gasteiger charge is 2.36. The number of aliphatic imine (C=N–C) groups is 1. The van der Waals surface area contributed by atoms with E-state index in [1.165, 1.54) is 23.5 Å². The molecule has 1 saturated heterocycles. The molecule has 0 bridgehead atoms. The number of likely N-dealkylation sites (tertiary alicyclic amines) is 1. The number of piperidine rings is 1. The van der Waals surface area contributed by atoms with E-state index in [2.05, 4.69) is 26.2 Å². The smallest absolute Gasteiger partial charge is 0.338 e. The number of carbonyl (C=O) groups is 2. The molecule has 204 valence electrons. The molecule has 0 saturated carbocycles. The van der Waals surface area contributed by atoms with Gasteiger partial charge in [0.25, 0.3) is 0 Å². The first-order valence-corrected chi connectivity index (χ1v) is 14.0. The van der Waals surface area contributed by atoms with Gasteiger partial charge in [0.05, 0.1) is 18.7 Å². The van der Waals surface area contributed by atoms with Crippen LogP contribution in [0, 0.1) is 11.7 Å². The predicted molar refractivity (Wildman–Crippen MR) is 145 cm³/mol. The van der Waals surface area contributed by atoms with Crippen LogP contribution < -0.4 is 5.32 Å². The van der Waals surface area contributed by atoms with E-state index < -0.39 is 24.0 Å². The molecule has 0 radical (unpaired) electrons. The number of rotatable bonds is 10. The topological polar surface area (TPSA) is 87.1 Å². The third-order valence-electron chi connectivity index (χ3n) is 6.41. The Morgan fingerprint density at radius 1 is 1.39 bits per heavy atom. The molecule has 0 spiro atoms. The summed E-state index contributed by atoms with van der Waals surface area (Å²) in [5, 5.41) is 5.73. The minimum absolute atomic E-state index is 0.0214. The maximum absolute atomic E-state index is 14.9. The number of thiazole rings is 1. The van der Waals surface area contributed by atoms with Gasteiger partial charge in [0.1, 0.15) is 24.3 Å². The molecule has 4 rings (SSSR count). The molecule has 2 aromatic rings. The number of carbonyl (C=O) groups excluding carboxylic acids is 2. The Morgan fingerprint density at radius 3 is 2.89 bits per heavy atom. The number of alkyl halides is 1. The van der Waals surface area contributed by atoms with E-state index in [9.17, 15) is 18.4 Å². The van der Waals surface area contributed by atoms with E-state index in [-0.39, 0.29) is 37.7 Å². The van der Waals surface area contributed by atoms with Gasteiger partial charge in [-0.25, -0.2) is 18.6 Å². The molecule has 2 aliphatic heterocycles. The molecule has 1 N–H and O–H groups in total. The highest BCUT2D eigenvalue weighted by atomic mass is 79.9. The first kappa shape index (κ1) is 28.5. The SMILES string of the molecule is CCOC(=O)C1=C(CN2CC(F)CC(CN(C)CC=O)C2)NC(c2nccs2)=N[C@H]1c1ccc(F)cc1Br. The zero-order chi connectivity index (χ0) is 27.2. The van der Waals surface area contributed by atoms with Gasteiger partial charge in [0.2, 0.25) is 0 Å². The van der Waals surface area contributed by atoms with Crippen LogP contribution in [0.15, 0.2) is 50.5 Å². The molecule has 2 aliphatic rings. The van der Waals surface area contributed by atoms with E-state index in [1.54, 1.807) is 19.2 Å². The second kappa shape index (κ2) is 13.0. The third kappa shape index (κ3) is 6.90. The summed E-state index contributed by atoms with van der Waals surface area (Å²) in [5.41, 5.74) is 1.42. The van der Waals surface area contributed by atoms with Gasteiger partial charge in [-0.05, 0) is 44.0 Å². The minimum Gasteiger partial charge on any atom is -0.463 e. The van der Waals surface area contributed by atoms with Crippen molar-refractivity contribution in [2.45, 2.75) is 25.6 Å². The molecule has 8 nitrogen and oxygen atoms in total. The quantitative estimate of drug-likeness (QED) is 0.324. The van der Waals surface area contributed by atoms with E-state index in [4.69, 9.17) is 9.73 Å². The molecule has 3 heterocycles. The van der Waals surface area contributed by atoms with Crippen LogP contribution in [-0.4, -0.2) is 85.4 Å². The number of esters is 1. The summed E-state index contributed by atoms with van der Waals surface area (Å²) < 4.78 is 34.7. The first-order chi connectivity index (χ1) is 18.3. The Hall–Kier alpha value is -2.54. The van der Waals surface area contributed by atoms with Crippen molar-refractivity contribution in [1.29, 1.82) is 0 Å². The number of aromatic nitrogens is 1. The molecule has 1 aromatic heterocycles. The monoisotopic (exact) mass is 609 g/mol. The fourth-order valence-electron chi connectivity index (χ4n) is 4.93. The molecule has 1 aromatic carbocycles. The van der Waals surface area contributed by atoms with Gasteiger partial charge in [-0.1, -0.05) is 22.0 Å². The summed E-state index contributed by atoms with van der Waals surface area (Å²) in [6.07, 6.45) is 1.87. The number of hydrogen-bond donors (Lipinski definition) is 1. The van der Waals surface area contributed by atoms with Crippen LogP contribution in [0.3, 0.4) is 0 Å². The number of likely N-dealkylation sites (N-methyl/N-ethyl adjacent to an activating group) is 1. The Morgan fingerprint density at radius 2 is 2.21 bits per heavy atom. The number of nitrogens with one attached hydrogen (secondary N) is 1. The number of nitrogens with zero attached hydrogens (tertiary/aromatic N) is 4. The lowest BCUT2D eigenvalue weighted by Crippen LogP contribution is -2.48. The molecule has 1 fully saturated rings. The van der Waals surface area contributed by atoms with Crippen molar-refractivity contribution in [2.75, 3.05) is 46.4 Å².